The summed E-state index contributed by atoms with van der Waals surface area (Å²) in [7, 11) is -0.714. The van der Waals surface area contributed by atoms with E-state index in [0.717, 1.165) is 0 Å². The standard InChI is InChI=1S/C14H19BF2O3/c1-9-7-6-8-10(11(9)18-12(16)17)15-19-13(2,3)14(4,5)20-15/h6-8,12H,1-5H3. The van der Waals surface area contributed by atoms with Crippen molar-refractivity contribution >= 4 is 12.6 Å². The van der Waals surface area contributed by atoms with E-state index in [2.05, 4.69) is 4.74 Å². The van der Waals surface area contributed by atoms with Crippen LogP contribution in [0.5, 0.6) is 5.75 Å². The summed E-state index contributed by atoms with van der Waals surface area (Å²) in [6.07, 6.45) is 0. The number of ether oxygens (including phenoxy) is 1. The minimum absolute atomic E-state index is 0.126. The summed E-state index contributed by atoms with van der Waals surface area (Å²) in [6, 6.07) is 5.17. The average Bonchev–Trinajstić information content (AvgIpc) is 2.50. The summed E-state index contributed by atoms with van der Waals surface area (Å²) in [6.45, 7) is 6.49. The van der Waals surface area contributed by atoms with Crippen LogP contribution in [0.2, 0.25) is 0 Å². The monoisotopic (exact) mass is 284 g/mol. The molecule has 1 aromatic carbocycles. The van der Waals surface area contributed by atoms with Crippen LogP contribution in [-0.2, 0) is 9.31 Å². The number of hydrogen-bond donors (Lipinski definition) is 0. The zero-order chi connectivity index (χ0) is 15.1. The fourth-order valence-corrected chi connectivity index (χ4v) is 2.08. The second-order valence-electron chi connectivity index (χ2n) is 5.96. The lowest BCUT2D eigenvalue weighted by atomic mass is 9.77. The third-order valence-corrected chi connectivity index (χ3v) is 3.96. The molecule has 2 rings (SSSR count). The first-order chi connectivity index (χ1) is 9.14. The van der Waals surface area contributed by atoms with Gasteiger partial charge in [0.25, 0.3) is 0 Å². The van der Waals surface area contributed by atoms with Gasteiger partial charge in [-0.25, -0.2) is 0 Å². The summed E-state index contributed by atoms with van der Waals surface area (Å²) in [5.74, 6) is 0.126. The molecule has 0 spiro atoms. The minimum atomic E-state index is -2.88. The van der Waals surface area contributed by atoms with E-state index in [0.29, 0.717) is 11.0 Å². The maximum absolute atomic E-state index is 12.6. The van der Waals surface area contributed by atoms with Crippen molar-refractivity contribution < 1.29 is 22.8 Å². The molecule has 0 amide bonds. The molecule has 1 aliphatic heterocycles. The fraction of sp³-hybridized carbons (Fsp3) is 0.571. The molecule has 0 bridgehead atoms. The van der Waals surface area contributed by atoms with E-state index < -0.39 is 24.9 Å². The third-order valence-electron chi connectivity index (χ3n) is 3.96. The molecule has 0 N–H and O–H groups in total. The molecule has 0 aromatic heterocycles. The van der Waals surface area contributed by atoms with E-state index in [1.54, 1.807) is 25.1 Å². The van der Waals surface area contributed by atoms with Crippen molar-refractivity contribution in [2.24, 2.45) is 0 Å². The van der Waals surface area contributed by atoms with Gasteiger partial charge in [0.15, 0.2) is 0 Å². The van der Waals surface area contributed by atoms with Gasteiger partial charge in [-0.3, -0.25) is 0 Å². The molecule has 1 fully saturated rings. The molecular formula is C14H19BF2O3. The van der Waals surface area contributed by atoms with E-state index in [1.165, 1.54) is 0 Å². The summed E-state index contributed by atoms with van der Waals surface area (Å²) in [5.41, 5.74) is 0.0639. The predicted octanol–water partition coefficient (Wildman–Crippen LogP) is 2.90. The first kappa shape index (κ1) is 15.3. The maximum Gasteiger partial charge on any atom is 0.498 e. The van der Waals surface area contributed by atoms with Gasteiger partial charge < -0.3 is 14.0 Å². The Labute approximate surface area is 118 Å². The van der Waals surface area contributed by atoms with Gasteiger partial charge in [-0.05, 0) is 40.2 Å². The minimum Gasteiger partial charge on any atom is -0.435 e. The van der Waals surface area contributed by atoms with E-state index in [1.807, 2.05) is 27.7 Å². The molecule has 1 aromatic rings. The van der Waals surface area contributed by atoms with Gasteiger partial charge in [-0.1, -0.05) is 18.2 Å². The Bertz CT molecular complexity index is 487. The van der Waals surface area contributed by atoms with Crippen LogP contribution >= 0.6 is 0 Å². The van der Waals surface area contributed by atoms with E-state index in [4.69, 9.17) is 9.31 Å². The lowest BCUT2D eigenvalue weighted by Crippen LogP contribution is -2.41. The van der Waals surface area contributed by atoms with Crippen molar-refractivity contribution in [1.82, 2.24) is 0 Å². The van der Waals surface area contributed by atoms with E-state index >= 15 is 0 Å². The number of benzene rings is 1. The topological polar surface area (TPSA) is 27.7 Å². The van der Waals surface area contributed by atoms with Gasteiger partial charge in [0.2, 0.25) is 0 Å². The Balaban J connectivity index is 2.37. The van der Waals surface area contributed by atoms with E-state index in [-0.39, 0.29) is 5.75 Å². The molecule has 0 saturated carbocycles. The van der Waals surface area contributed by atoms with Crippen molar-refractivity contribution in [3.8, 4) is 5.75 Å². The summed E-state index contributed by atoms with van der Waals surface area (Å²) in [4.78, 5) is 0. The van der Waals surface area contributed by atoms with Crippen LogP contribution in [0.1, 0.15) is 33.3 Å². The average molecular weight is 284 g/mol. The molecule has 0 atom stereocenters. The molecule has 0 aliphatic carbocycles. The van der Waals surface area contributed by atoms with Gasteiger partial charge in [0.1, 0.15) is 5.75 Å². The number of aryl methyl sites for hydroxylation is 1. The number of para-hydroxylation sites is 1. The number of alkyl halides is 2. The SMILES string of the molecule is Cc1cccc(B2OC(C)(C)C(C)(C)O2)c1OC(F)F. The van der Waals surface area contributed by atoms with Crippen LogP contribution in [0, 0.1) is 6.92 Å². The van der Waals surface area contributed by atoms with Crippen LogP contribution in [-0.4, -0.2) is 24.9 Å². The molecule has 1 heterocycles. The largest absolute Gasteiger partial charge is 0.498 e. The van der Waals surface area contributed by atoms with Crippen molar-refractivity contribution in [3.05, 3.63) is 23.8 Å². The first-order valence-corrected chi connectivity index (χ1v) is 6.54. The van der Waals surface area contributed by atoms with Gasteiger partial charge >= 0.3 is 13.7 Å². The molecule has 0 unspecified atom stereocenters. The van der Waals surface area contributed by atoms with Crippen molar-refractivity contribution in [3.63, 3.8) is 0 Å². The van der Waals surface area contributed by atoms with Gasteiger partial charge in [0.05, 0.1) is 11.2 Å². The van der Waals surface area contributed by atoms with Crippen LogP contribution < -0.4 is 10.2 Å². The molecule has 1 saturated heterocycles. The zero-order valence-corrected chi connectivity index (χ0v) is 12.4. The molecule has 110 valence electrons. The number of rotatable bonds is 3. The van der Waals surface area contributed by atoms with Crippen LogP contribution in [0.15, 0.2) is 18.2 Å². The van der Waals surface area contributed by atoms with Crippen LogP contribution in [0.4, 0.5) is 8.78 Å². The van der Waals surface area contributed by atoms with Crippen molar-refractivity contribution in [1.29, 1.82) is 0 Å². The Morgan fingerprint density at radius 2 is 1.65 bits per heavy atom. The highest BCUT2D eigenvalue weighted by atomic mass is 19.3. The molecule has 0 radical (unpaired) electrons. The fourth-order valence-electron chi connectivity index (χ4n) is 2.08. The zero-order valence-electron chi connectivity index (χ0n) is 12.4. The Hall–Kier alpha value is -1.14. The second-order valence-corrected chi connectivity index (χ2v) is 5.96. The second kappa shape index (κ2) is 5.00. The third kappa shape index (κ3) is 2.67. The number of halogens is 2. The van der Waals surface area contributed by atoms with Gasteiger partial charge in [-0.15, -0.1) is 0 Å². The maximum atomic E-state index is 12.6. The lowest BCUT2D eigenvalue weighted by Gasteiger charge is -2.32. The van der Waals surface area contributed by atoms with Crippen molar-refractivity contribution in [2.45, 2.75) is 52.4 Å². The Morgan fingerprint density at radius 1 is 1.10 bits per heavy atom. The molecule has 20 heavy (non-hydrogen) atoms. The highest BCUT2D eigenvalue weighted by molar-refractivity contribution is 6.63. The summed E-state index contributed by atoms with van der Waals surface area (Å²) >= 11 is 0. The highest BCUT2D eigenvalue weighted by Crippen LogP contribution is 2.37. The molecule has 1 aliphatic rings. The van der Waals surface area contributed by atoms with Crippen LogP contribution in [0.25, 0.3) is 0 Å². The normalized spacial score (nSPS) is 20.5. The summed E-state index contributed by atoms with van der Waals surface area (Å²) < 4.78 is 41.5. The van der Waals surface area contributed by atoms with Crippen LogP contribution in [0.3, 0.4) is 0 Å². The molecular weight excluding hydrogens is 265 g/mol. The van der Waals surface area contributed by atoms with Gasteiger partial charge in [0, 0.05) is 5.46 Å². The Kier molecular flexibility index (Phi) is 3.82. The smallest absolute Gasteiger partial charge is 0.435 e. The lowest BCUT2D eigenvalue weighted by molar-refractivity contribution is -0.0497. The highest BCUT2D eigenvalue weighted by Gasteiger charge is 2.52. The number of hydrogen-bond acceptors (Lipinski definition) is 3. The van der Waals surface area contributed by atoms with Crippen molar-refractivity contribution in [2.75, 3.05) is 0 Å². The predicted molar refractivity (Wildman–Crippen MR) is 73.5 cm³/mol. The van der Waals surface area contributed by atoms with Gasteiger partial charge in [-0.2, -0.15) is 8.78 Å². The molecule has 3 nitrogen and oxygen atoms in total. The quantitative estimate of drug-likeness (QED) is 0.799. The summed E-state index contributed by atoms with van der Waals surface area (Å²) in [5, 5.41) is 0. The molecule has 6 heteroatoms. The first-order valence-electron chi connectivity index (χ1n) is 6.54. The van der Waals surface area contributed by atoms with E-state index in [9.17, 15) is 8.78 Å². The Morgan fingerprint density at radius 3 is 2.15 bits per heavy atom.